The standard InChI is InChI=1S/C12H17FN2O4S/c1-15(9-7-12(16)17)20(18,19)14-8-6-10-4-2-3-5-11(10)13/h2-5,14H,6-9H2,1H3,(H,16,17). The Kier molecular flexibility index (Phi) is 6.05. The van der Waals surface area contributed by atoms with E-state index in [1.54, 1.807) is 18.2 Å². The SMILES string of the molecule is CN(CCC(=O)O)S(=O)(=O)NCCc1ccccc1F. The second-order valence-electron chi connectivity index (χ2n) is 4.21. The molecule has 1 rings (SSSR count). The minimum absolute atomic E-state index is 0.0423. The van der Waals surface area contributed by atoms with Crippen molar-refractivity contribution in [3.05, 3.63) is 35.6 Å². The van der Waals surface area contributed by atoms with Crippen LogP contribution in [0.1, 0.15) is 12.0 Å². The smallest absolute Gasteiger partial charge is 0.304 e. The molecular formula is C12H17FN2O4S. The van der Waals surface area contributed by atoms with Gasteiger partial charge in [-0.2, -0.15) is 12.7 Å². The van der Waals surface area contributed by atoms with Crippen molar-refractivity contribution in [2.24, 2.45) is 0 Å². The lowest BCUT2D eigenvalue weighted by atomic mass is 10.1. The summed E-state index contributed by atoms with van der Waals surface area (Å²) in [6.07, 6.45) is -0.0522. The first-order valence-electron chi connectivity index (χ1n) is 5.99. The minimum Gasteiger partial charge on any atom is -0.481 e. The van der Waals surface area contributed by atoms with Crippen LogP contribution < -0.4 is 4.72 Å². The number of hydrogen-bond acceptors (Lipinski definition) is 3. The number of rotatable bonds is 8. The van der Waals surface area contributed by atoms with Crippen LogP contribution in [0.3, 0.4) is 0 Å². The molecule has 0 saturated carbocycles. The predicted octanol–water partition coefficient (Wildman–Crippen LogP) is 0.609. The molecule has 2 N–H and O–H groups in total. The largest absolute Gasteiger partial charge is 0.481 e. The average molecular weight is 304 g/mol. The normalized spacial score (nSPS) is 11.8. The molecule has 0 spiro atoms. The fourth-order valence-corrected chi connectivity index (χ4v) is 2.41. The van der Waals surface area contributed by atoms with Crippen molar-refractivity contribution in [1.82, 2.24) is 9.03 Å². The van der Waals surface area contributed by atoms with E-state index in [1.165, 1.54) is 13.1 Å². The number of carbonyl (C=O) groups is 1. The van der Waals surface area contributed by atoms with Gasteiger partial charge in [-0.05, 0) is 18.1 Å². The topological polar surface area (TPSA) is 86.7 Å². The zero-order chi connectivity index (χ0) is 15.2. The van der Waals surface area contributed by atoms with Crippen LogP contribution >= 0.6 is 0 Å². The Hall–Kier alpha value is -1.51. The quantitative estimate of drug-likeness (QED) is 0.736. The van der Waals surface area contributed by atoms with Gasteiger partial charge >= 0.3 is 5.97 Å². The maximum absolute atomic E-state index is 13.3. The van der Waals surface area contributed by atoms with E-state index in [4.69, 9.17) is 5.11 Å². The first-order chi connectivity index (χ1) is 9.33. The van der Waals surface area contributed by atoms with Gasteiger partial charge in [-0.3, -0.25) is 4.79 Å². The van der Waals surface area contributed by atoms with Crippen LogP contribution in [-0.2, 0) is 21.4 Å². The summed E-state index contributed by atoms with van der Waals surface area (Å²) in [4.78, 5) is 10.4. The molecule has 0 aromatic heterocycles. The average Bonchev–Trinajstić information content (AvgIpc) is 2.38. The van der Waals surface area contributed by atoms with E-state index in [0.29, 0.717) is 5.56 Å². The number of carboxylic acid groups (broad SMARTS) is 1. The highest BCUT2D eigenvalue weighted by molar-refractivity contribution is 7.87. The second-order valence-corrected chi connectivity index (χ2v) is 6.07. The van der Waals surface area contributed by atoms with Crippen molar-refractivity contribution in [3.8, 4) is 0 Å². The van der Waals surface area contributed by atoms with E-state index >= 15 is 0 Å². The summed E-state index contributed by atoms with van der Waals surface area (Å²) in [6, 6.07) is 6.12. The Balaban J connectivity index is 2.47. The van der Waals surface area contributed by atoms with E-state index in [0.717, 1.165) is 4.31 Å². The number of carboxylic acids is 1. The summed E-state index contributed by atoms with van der Waals surface area (Å²) in [7, 11) is -2.46. The van der Waals surface area contributed by atoms with Crippen LogP contribution in [0.25, 0.3) is 0 Å². The van der Waals surface area contributed by atoms with Crippen LogP contribution in [0.4, 0.5) is 4.39 Å². The van der Waals surface area contributed by atoms with E-state index in [-0.39, 0.29) is 31.7 Å². The molecule has 0 radical (unpaired) electrons. The third kappa shape index (κ3) is 5.24. The minimum atomic E-state index is -3.74. The molecule has 112 valence electrons. The summed E-state index contributed by atoms with van der Waals surface area (Å²) < 4.78 is 40.0. The highest BCUT2D eigenvalue weighted by Gasteiger charge is 2.17. The van der Waals surface area contributed by atoms with Crippen LogP contribution in [0.5, 0.6) is 0 Å². The molecule has 1 aromatic rings. The Bertz CT molecular complexity index is 562. The molecule has 0 unspecified atom stereocenters. The van der Waals surface area contributed by atoms with E-state index in [9.17, 15) is 17.6 Å². The molecule has 0 aliphatic heterocycles. The van der Waals surface area contributed by atoms with Gasteiger partial charge in [0, 0.05) is 20.1 Å². The van der Waals surface area contributed by atoms with Crippen molar-refractivity contribution < 1.29 is 22.7 Å². The van der Waals surface area contributed by atoms with Crippen LogP contribution in [0, 0.1) is 5.82 Å². The molecule has 0 bridgehead atoms. The zero-order valence-corrected chi connectivity index (χ0v) is 11.9. The predicted molar refractivity (Wildman–Crippen MR) is 71.9 cm³/mol. The number of aliphatic carboxylic acids is 1. The second kappa shape index (κ2) is 7.32. The maximum Gasteiger partial charge on any atom is 0.304 e. The Morgan fingerprint density at radius 2 is 2.05 bits per heavy atom. The van der Waals surface area contributed by atoms with E-state index in [2.05, 4.69) is 4.72 Å². The Labute approximate surface area is 117 Å². The van der Waals surface area contributed by atoms with E-state index < -0.39 is 16.2 Å². The van der Waals surface area contributed by atoms with Gasteiger partial charge < -0.3 is 5.11 Å². The summed E-state index contributed by atoms with van der Waals surface area (Å²) >= 11 is 0. The fourth-order valence-electron chi connectivity index (χ4n) is 1.50. The fraction of sp³-hybridized carbons (Fsp3) is 0.417. The highest BCUT2D eigenvalue weighted by atomic mass is 32.2. The maximum atomic E-state index is 13.3. The number of nitrogens with zero attached hydrogens (tertiary/aromatic N) is 1. The van der Waals surface area contributed by atoms with Crippen LogP contribution in [0.15, 0.2) is 24.3 Å². The van der Waals surface area contributed by atoms with Crippen molar-refractivity contribution in [2.45, 2.75) is 12.8 Å². The third-order valence-electron chi connectivity index (χ3n) is 2.69. The molecule has 0 amide bonds. The molecule has 20 heavy (non-hydrogen) atoms. The van der Waals surface area contributed by atoms with Gasteiger partial charge in [0.05, 0.1) is 6.42 Å². The number of halogens is 1. The van der Waals surface area contributed by atoms with Gasteiger partial charge in [0.1, 0.15) is 5.82 Å². The lowest BCUT2D eigenvalue weighted by molar-refractivity contribution is -0.137. The van der Waals surface area contributed by atoms with Crippen molar-refractivity contribution in [3.63, 3.8) is 0 Å². The van der Waals surface area contributed by atoms with Gasteiger partial charge in [0.2, 0.25) is 0 Å². The molecule has 0 heterocycles. The summed E-state index contributed by atoms with van der Waals surface area (Å²) in [5.74, 6) is -1.45. The van der Waals surface area contributed by atoms with Crippen molar-refractivity contribution in [1.29, 1.82) is 0 Å². The number of hydrogen-bond donors (Lipinski definition) is 2. The van der Waals surface area contributed by atoms with Gasteiger partial charge in [-0.15, -0.1) is 0 Å². The van der Waals surface area contributed by atoms with Crippen LogP contribution in [0.2, 0.25) is 0 Å². The summed E-state index contributed by atoms with van der Waals surface area (Å²) in [5, 5.41) is 8.50. The molecule has 0 saturated heterocycles. The molecule has 0 aliphatic rings. The van der Waals surface area contributed by atoms with Crippen LogP contribution in [-0.4, -0.2) is 43.9 Å². The van der Waals surface area contributed by atoms with Gasteiger partial charge in [0.15, 0.2) is 0 Å². The lowest BCUT2D eigenvalue weighted by Crippen LogP contribution is -2.40. The van der Waals surface area contributed by atoms with Gasteiger partial charge in [0.25, 0.3) is 10.2 Å². The molecule has 0 fully saturated rings. The first kappa shape index (κ1) is 16.5. The summed E-state index contributed by atoms with van der Waals surface area (Å²) in [5.41, 5.74) is 0.420. The lowest BCUT2D eigenvalue weighted by Gasteiger charge is -2.16. The highest BCUT2D eigenvalue weighted by Crippen LogP contribution is 2.06. The van der Waals surface area contributed by atoms with Crippen molar-refractivity contribution >= 4 is 16.2 Å². The molecule has 8 heteroatoms. The molecule has 1 aromatic carbocycles. The Morgan fingerprint density at radius 1 is 1.40 bits per heavy atom. The molecule has 6 nitrogen and oxygen atoms in total. The Morgan fingerprint density at radius 3 is 2.65 bits per heavy atom. The monoisotopic (exact) mass is 304 g/mol. The summed E-state index contributed by atoms with van der Waals surface area (Å²) in [6.45, 7) is -0.0783. The van der Waals surface area contributed by atoms with Gasteiger partial charge in [-0.1, -0.05) is 18.2 Å². The molecular weight excluding hydrogens is 287 g/mol. The number of nitrogens with one attached hydrogen (secondary N) is 1. The number of benzene rings is 1. The van der Waals surface area contributed by atoms with E-state index in [1.807, 2.05) is 0 Å². The van der Waals surface area contributed by atoms with Crippen molar-refractivity contribution in [2.75, 3.05) is 20.1 Å². The zero-order valence-electron chi connectivity index (χ0n) is 11.0. The molecule has 0 atom stereocenters. The third-order valence-corrected chi connectivity index (χ3v) is 4.26. The molecule has 0 aliphatic carbocycles. The first-order valence-corrected chi connectivity index (χ1v) is 7.43. The van der Waals surface area contributed by atoms with Gasteiger partial charge in [-0.25, -0.2) is 9.11 Å².